The largest absolute Gasteiger partial charge is 0.399 e. The van der Waals surface area contributed by atoms with Crippen LogP contribution in [0.1, 0.15) is 26.7 Å². The fourth-order valence-electron chi connectivity index (χ4n) is 2.05. The van der Waals surface area contributed by atoms with E-state index in [0.29, 0.717) is 5.92 Å². The molecule has 0 spiro atoms. The van der Waals surface area contributed by atoms with Gasteiger partial charge in [-0.15, -0.1) is 0 Å². The monoisotopic (exact) mass is 244 g/mol. The Morgan fingerprint density at radius 3 is 2.67 bits per heavy atom. The summed E-state index contributed by atoms with van der Waals surface area (Å²) >= 11 is 0. The molecule has 1 heterocycles. The summed E-state index contributed by atoms with van der Waals surface area (Å²) in [7, 11) is 0. The summed E-state index contributed by atoms with van der Waals surface area (Å²) in [6.07, 6.45) is 4.23. The zero-order chi connectivity index (χ0) is 13.0. The third-order valence-corrected chi connectivity index (χ3v) is 2.99. The Kier molecular flexibility index (Phi) is 3.97. The van der Waals surface area contributed by atoms with Crippen LogP contribution in [0.2, 0.25) is 0 Å². The first kappa shape index (κ1) is 12.6. The molecule has 0 aliphatic heterocycles. The molecule has 1 atom stereocenters. The van der Waals surface area contributed by atoms with Gasteiger partial charge in [0.25, 0.3) is 0 Å². The summed E-state index contributed by atoms with van der Waals surface area (Å²) in [6, 6.07) is 7.64. The minimum absolute atomic E-state index is 0.635. The number of benzene rings is 1. The van der Waals surface area contributed by atoms with Crippen LogP contribution in [0.25, 0.3) is 11.4 Å². The standard InChI is InChI=1S/C14H20N4/c1-3-4-11(2)9-18-10-16-14(17-18)12-5-7-13(15)8-6-12/h5-8,10-11H,3-4,9,15H2,1-2H3. The van der Waals surface area contributed by atoms with E-state index < -0.39 is 0 Å². The van der Waals surface area contributed by atoms with Gasteiger partial charge < -0.3 is 5.73 Å². The lowest BCUT2D eigenvalue weighted by Gasteiger charge is -2.08. The fourth-order valence-corrected chi connectivity index (χ4v) is 2.05. The number of nitrogens with two attached hydrogens (primary N) is 1. The van der Waals surface area contributed by atoms with Crippen LogP contribution in [0.3, 0.4) is 0 Å². The van der Waals surface area contributed by atoms with Gasteiger partial charge in [-0.25, -0.2) is 4.98 Å². The Bertz CT molecular complexity index is 487. The molecule has 0 amide bonds. The van der Waals surface area contributed by atoms with Gasteiger partial charge in [0.05, 0.1) is 0 Å². The van der Waals surface area contributed by atoms with Gasteiger partial charge in [-0.2, -0.15) is 5.10 Å². The molecule has 96 valence electrons. The molecule has 0 aliphatic rings. The number of nitrogens with zero attached hydrogens (tertiary/aromatic N) is 3. The van der Waals surface area contributed by atoms with Crippen molar-refractivity contribution in [2.24, 2.45) is 5.92 Å². The van der Waals surface area contributed by atoms with Crippen molar-refractivity contribution in [3.05, 3.63) is 30.6 Å². The molecule has 0 saturated carbocycles. The highest BCUT2D eigenvalue weighted by Crippen LogP contribution is 2.16. The summed E-state index contributed by atoms with van der Waals surface area (Å²) in [5.74, 6) is 1.40. The van der Waals surface area contributed by atoms with Crippen LogP contribution in [0.15, 0.2) is 30.6 Å². The van der Waals surface area contributed by atoms with Crippen molar-refractivity contribution in [3.8, 4) is 11.4 Å². The molecular weight excluding hydrogens is 224 g/mol. The third kappa shape index (κ3) is 3.09. The van der Waals surface area contributed by atoms with Crippen molar-refractivity contribution >= 4 is 5.69 Å². The Labute approximate surface area is 108 Å². The predicted octanol–water partition coefficient (Wildman–Crippen LogP) is 2.96. The molecule has 0 saturated heterocycles. The maximum atomic E-state index is 5.66. The highest BCUT2D eigenvalue weighted by atomic mass is 15.3. The van der Waals surface area contributed by atoms with Crippen LogP contribution in [-0.4, -0.2) is 14.8 Å². The number of hydrogen-bond donors (Lipinski definition) is 1. The summed E-state index contributed by atoms with van der Waals surface area (Å²) in [5.41, 5.74) is 7.43. The Morgan fingerprint density at radius 1 is 1.28 bits per heavy atom. The number of anilines is 1. The van der Waals surface area contributed by atoms with Crippen LogP contribution >= 0.6 is 0 Å². The van der Waals surface area contributed by atoms with Gasteiger partial charge in [-0.05, 0) is 36.6 Å². The van der Waals surface area contributed by atoms with Gasteiger partial charge >= 0.3 is 0 Å². The maximum absolute atomic E-state index is 5.66. The number of nitrogen functional groups attached to an aromatic ring is 1. The molecule has 2 aromatic rings. The van der Waals surface area contributed by atoms with E-state index in [0.717, 1.165) is 23.6 Å². The first-order valence-electron chi connectivity index (χ1n) is 6.44. The number of rotatable bonds is 5. The highest BCUT2D eigenvalue weighted by Gasteiger charge is 2.06. The van der Waals surface area contributed by atoms with Crippen LogP contribution in [-0.2, 0) is 6.54 Å². The molecule has 4 heteroatoms. The van der Waals surface area contributed by atoms with Gasteiger partial charge in [0.15, 0.2) is 5.82 Å². The lowest BCUT2D eigenvalue weighted by Crippen LogP contribution is -2.07. The molecule has 2 N–H and O–H groups in total. The zero-order valence-electron chi connectivity index (χ0n) is 11.0. The summed E-state index contributed by atoms with van der Waals surface area (Å²) < 4.78 is 1.92. The van der Waals surface area contributed by atoms with Crippen molar-refractivity contribution in [1.29, 1.82) is 0 Å². The SMILES string of the molecule is CCCC(C)Cn1cnc(-c2ccc(N)cc2)n1. The molecule has 2 rings (SSSR count). The topological polar surface area (TPSA) is 56.7 Å². The second-order valence-corrected chi connectivity index (χ2v) is 4.81. The molecule has 4 nitrogen and oxygen atoms in total. The van der Waals surface area contributed by atoms with E-state index in [-0.39, 0.29) is 0 Å². The van der Waals surface area contributed by atoms with Crippen LogP contribution in [0.5, 0.6) is 0 Å². The van der Waals surface area contributed by atoms with E-state index >= 15 is 0 Å². The number of aromatic nitrogens is 3. The van der Waals surface area contributed by atoms with Gasteiger partial charge in [0, 0.05) is 17.8 Å². The fraction of sp³-hybridized carbons (Fsp3) is 0.429. The van der Waals surface area contributed by atoms with Crippen LogP contribution < -0.4 is 5.73 Å². The van der Waals surface area contributed by atoms with Gasteiger partial charge in [-0.1, -0.05) is 20.3 Å². The van der Waals surface area contributed by atoms with Crippen molar-refractivity contribution in [3.63, 3.8) is 0 Å². The maximum Gasteiger partial charge on any atom is 0.181 e. The van der Waals surface area contributed by atoms with Crippen molar-refractivity contribution in [2.45, 2.75) is 33.2 Å². The molecule has 0 aliphatic carbocycles. The highest BCUT2D eigenvalue weighted by molar-refractivity contribution is 5.57. The lowest BCUT2D eigenvalue weighted by molar-refractivity contribution is 0.420. The Balaban J connectivity index is 2.08. The molecule has 0 bridgehead atoms. The molecule has 0 fully saturated rings. The van der Waals surface area contributed by atoms with Crippen molar-refractivity contribution in [1.82, 2.24) is 14.8 Å². The van der Waals surface area contributed by atoms with E-state index in [4.69, 9.17) is 5.73 Å². The minimum Gasteiger partial charge on any atom is -0.399 e. The molecule has 18 heavy (non-hydrogen) atoms. The van der Waals surface area contributed by atoms with Crippen LogP contribution in [0, 0.1) is 5.92 Å². The summed E-state index contributed by atoms with van der Waals surface area (Å²) in [4.78, 5) is 4.34. The lowest BCUT2D eigenvalue weighted by atomic mass is 10.1. The second kappa shape index (κ2) is 5.67. The van der Waals surface area contributed by atoms with Gasteiger partial charge in [0.2, 0.25) is 0 Å². The predicted molar refractivity (Wildman–Crippen MR) is 73.9 cm³/mol. The first-order valence-corrected chi connectivity index (χ1v) is 6.44. The quantitative estimate of drug-likeness (QED) is 0.823. The minimum atomic E-state index is 0.635. The van der Waals surface area contributed by atoms with E-state index in [1.54, 1.807) is 6.33 Å². The third-order valence-electron chi connectivity index (χ3n) is 2.99. The molecule has 1 aromatic heterocycles. The van der Waals surface area contributed by atoms with E-state index in [1.807, 2.05) is 28.9 Å². The molecule has 1 aromatic carbocycles. The normalized spacial score (nSPS) is 12.6. The average Bonchev–Trinajstić information content (AvgIpc) is 2.78. The van der Waals surface area contributed by atoms with E-state index in [2.05, 4.69) is 23.9 Å². The van der Waals surface area contributed by atoms with Gasteiger partial charge in [-0.3, -0.25) is 4.68 Å². The average molecular weight is 244 g/mol. The first-order chi connectivity index (χ1) is 8.69. The van der Waals surface area contributed by atoms with Crippen molar-refractivity contribution < 1.29 is 0 Å². The van der Waals surface area contributed by atoms with Gasteiger partial charge in [0.1, 0.15) is 6.33 Å². The zero-order valence-corrected chi connectivity index (χ0v) is 11.0. The smallest absolute Gasteiger partial charge is 0.181 e. The number of hydrogen-bond acceptors (Lipinski definition) is 3. The summed E-state index contributed by atoms with van der Waals surface area (Å²) in [5, 5.41) is 4.50. The van der Waals surface area contributed by atoms with Crippen molar-refractivity contribution in [2.75, 3.05) is 5.73 Å². The molecule has 0 radical (unpaired) electrons. The second-order valence-electron chi connectivity index (χ2n) is 4.81. The molecule has 1 unspecified atom stereocenters. The molecular formula is C14H20N4. The summed E-state index contributed by atoms with van der Waals surface area (Å²) in [6.45, 7) is 5.38. The van der Waals surface area contributed by atoms with E-state index in [1.165, 1.54) is 12.8 Å². The Morgan fingerprint density at radius 2 is 2.00 bits per heavy atom. The van der Waals surface area contributed by atoms with Crippen LogP contribution in [0.4, 0.5) is 5.69 Å². The Hall–Kier alpha value is -1.84. The van der Waals surface area contributed by atoms with E-state index in [9.17, 15) is 0 Å².